The van der Waals surface area contributed by atoms with Crippen molar-refractivity contribution < 1.29 is 18.0 Å². The Morgan fingerprint density at radius 1 is 1.21 bits per heavy atom. The highest BCUT2D eigenvalue weighted by molar-refractivity contribution is 7.91. The quantitative estimate of drug-likeness (QED) is 0.748. The van der Waals surface area contributed by atoms with Gasteiger partial charge in [0.05, 0.1) is 21.4 Å². The molecule has 29 heavy (non-hydrogen) atoms. The van der Waals surface area contributed by atoms with Gasteiger partial charge in [-0.3, -0.25) is 9.59 Å². The Bertz CT molecular complexity index is 1050. The van der Waals surface area contributed by atoms with E-state index in [9.17, 15) is 18.0 Å². The van der Waals surface area contributed by atoms with Gasteiger partial charge in [0.2, 0.25) is 11.8 Å². The molecule has 0 saturated carbocycles. The maximum atomic E-state index is 12.7. The fourth-order valence-electron chi connectivity index (χ4n) is 3.47. The Morgan fingerprint density at radius 2 is 1.93 bits per heavy atom. The van der Waals surface area contributed by atoms with Crippen molar-refractivity contribution in [2.75, 3.05) is 16.0 Å². The summed E-state index contributed by atoms with van der Waals surface area (Å²) in [6.45, 7) is 3.75. The number of carbonyl (C=O) groups is 2. The second-order valence-electron chi connectivity index (χ2n) is 7.06. The van der Waals surface area contributed by atoms with Crippen LogP contribution in [-0.4, -0.2) is 32.0 Å². The van der Waals surface area contributed by atoms with Crippen molar-refractivity contribution in [1.29, 1.82) is 0 Å². The van der Waals surface area contributed by atoms with Gasteiger partial charge in [-0.25, -0.2) is 8.42 Å². The third kappa shape index (κ3) is 4.62. The van der Waals surface area contributed by atoms with Crippen LogP contribution < -0.4 is 10.2 Å². The standard InChI is InChI=1S/C21H23ClN2O4S/c1-3-21(26)24-14(2)12-15-13-16(8-9-19(15)24)29(27,28)11-10-20(25)23-18-7-5-4-6-17(18)22/h4-9,13-14H,3,10-12H2,1-2H3,(H,23,25). The number of nitrogens with one attached hydrogen (secondary N) is 1. The molecular formula is C21H23ClN2O4S. The molecule has 2 amide bonds. The molecule has 0 bridgehead atoms. The van der Waals surface area contributed by atoms with Crippen molar-refractivity contribution in [3.8, 4) is 0 Å². The molecule has 2 aromatic rings. The number of halogens is 1. The normalized spacial score (nSPS) is 15.8. The minimum absolute atomic E-state index is 0.00296. The first-order valence-electron chi connectivity index (χ1n) is 9.45. The van der Waals surface area contributed by atoms with E-state index >= 15 is 0 Å². The number of fused-ring (bicyclic) bond motifs is 1. The molecule has 154 valence electrons. The lowest BCUT2D eigenvalue weighted by atomic mass is 10.1. The highest BCUT2D eigenvalue weighted by Crippen LogP contribution is 2.34. The molecule has 0 spiro atoms. The molecule has 1 aliphatic rings. The van der Waals surface area contributed by atoms with Gasteiger partial charge in [0.15, 0.2) is 9.84 Å². The summed E-state index contributed by atoms with van der Waals surface area (Å²) in [6.07, 6.45) is 0.823. The largest absolute Gasteiger partial charge is 0.325 e. The number of para-hydroxylation sites is 1. The van der Waals surface area contributed by atoms with E-state index in [0.29, 0.717) is 23.6 Å². The van der Waals surface area contributed by atoms with Crippen molar-refractivity contribution >= 4 is 44.6 Å². The van der Waals surface area contributed by atoms with Crippen molar-refractivity contribution in [3.63, 3.8) is 0 Å². The van der Waals surface area contributed by atoms with Crippen LogP contribution in [0.4, 0.5) is 11.4 Å². The maximum Gasteiger partial charge on any atom is 0.226 e. The molecule has 0 aromatic heterocycles. The van der Waals surface area contributed by atoms with Gasteiger partial charge in [-0.2, -0.15) is 0 Å². The van der Waals surface area contributed by atoms with Crippen molar-refractivity contribution in [2.45, 2.75) is 44.0 Å². The van der Waals surface area contributed by atoms with E-state index in [0.717, 1.165) is 11.3 Å². The second-order valence-corrected chi connectivity index (χ2v) is 9.57. The van der Waals surface area contributed by atoms with Gasteiger partial charge in [0, 0.05) is 24.6 Å². The zero-order valence-electron chi connectivity index (χ0n) is 16.3. The molecule has 8 heteroatoms. The van der Waals surface area contributed by atoms with Crippen molar-refractivity contribution in [3.05, 3.63) is 53.1 Å². The Morgan fingerprint density at radius 3 is 2.62 bits per heavy atom. The lowest BCUT2D eigenvalue weighted by molar-refractivity contribution is -0.118. The first-order chi connectivity index (χ1) is 13.7. The SMILES string of the molecule is CCC(=O)N1c2ccc(S(=O)(=O)CCC(=O)Nc3ccccc3Cl)cc2CC1C. The number of sulfone groups is 1. The smallest absolute Gasteiger partial charge is 0.226 e. The summed E-state index contributed by atoms with van der Waals surface area (Å²) in [7, 11) is -3.64. The van der Waals surface area contributed by atoms with Crippen LogP contribution in [0.1, 0.15) is 32.3 Å². The summed E-state index contributed by atoms with van der Waals surface area (Å²) in [5.74, 6) is -0.714. The van der Waals surface area contributed by atoms with Gasteiger partial charge < -0.3 is 10.2 Å². The van der Waals surface area contributed by atoms with Crippen LogP contribution in [0.15, 0.2) is 47.4 Å². The van der Waals surface area contributed by atoms with Crippen LogP contribution in [0, 0.1) is 0 Å². The zero-order chi connectivity index (χ0) is 21.2. The van der Waals surface area contributed by atoms with Crippen LogP contribution >= 0.6 is 11.6 Å². The number of amides is 2. The summed E-state index contributed by atoms with van der Waals surface area (Å²) >= 11 is 6.00. The number of carbonyl (C=O) groups excluding carboxylic acids is 2. The predicted octanol–water partition coefficient (Wildman–Crippen LogP) is 3.83. The van der Waals surface area contributed by atoms with Gasteiger partial charge in [0.1, 0.15) is 0 Å². The number of nitrogens with zero attached hydrogens (tertiary/aromatic N) is 1. The summed E-state index contributed by atoms with van der Waals surface area (Å²) in [4.78, 5) is 26.2. The fourth-order valence-corrected chi connectivity index (χ4v) is 4.94. The average Bonchev–Trinajstić information content (AvgIpc) is 3.02. The molecule has 3 rings (SSSR count). The Kier molecular flexibility index (Phi) is 6.29. The van der Waals surface area contributed by atoms with Gasteiger partial charge >= 0.3 is 0 Å². The van der Waals surface area contributed by atoms with Crippen molar-refractivity contribution in [2.24, 2.45) is 0 Å². The fraction of sp³-hybridized carbons (Fsp3) is 0.333. The van der Waals surface area contributed by atoms with Crippen LogP contribution in [0.25, 0.3) is 0 Å². The molecule has 0 fully saturated rings. The summed E-state index contributed by atoms with van der Waals surface area (Å²) in [5, 5.41) is 3.02. The van der Waals surface area contributed by atoms with Crippen LogP contribution in [-0.2, 0) is 25.8 Å². The molecule has 0 aliphatic carbocycles. The van der Waals surface area contributed by atoms with Gasteiger partial charge in [-0.05, 0) is 49.2 Å². The van der Waals surface area contributed by atoms with E-state index in [4.69, 9.17) is 11.6 Å². The Hall–Kier alpha value is -2.38. The van der Waals surface area contributed by atoms with Gasteiger partial charge in [-0.1, -0.05) is 30.7 Å². The van der Waals surface area contributed by atoms with E-state index in [2.05, 4.69) is 5.32 Å². The van der Waals surface area contributed by atoms with Gasteiger partial charge in [0.25, 0.3) is 0 Å². The number of hydrogen-bond donors (Lipinski definition) is 1. The minimum atomic E-state index is -3.64. The molecule has 1 unspecified atom stereocenters. The molecule has 0 saturated heterocycles. The zero-order valence-corrected chi connectivity index (χ0v) is 17.9. The van der Waals surface area contributed by atoms with Crippen LogP contribution in [0.5, 0.6) is 0 Å². The van der Waals surface area contributed by atoms with Crippen LogP contribution in [0.2, 0.25) is 5.02 Å². The molecule has 1 aliphatic heterocycles. The predicted molar refractivity (Wildman–Crippen MR) is 114 cm³/mol. The van der Waals surface area contributed by atoms with E-state index in [-0.39, 0.29) is 29.0 Å². The Labute approximate surface area is 175 Å². The van der Waals surface area contributed by atoms with E-state index in [1.807, 2.05) is 6.92 Å². The average molecular weight is 435 g/mol. The summed E-state index contributed by atoms with van der Waals surface area (Å²) < 4.78 is 25.4. The van der Waals surface area contributed by atoms with Crippen LogP contribution in [0.3, 0.4) is 0 Å². The molecule has 2 aromatic carbocycles. The first-order valence-corrected chi connectivity index (χ1v) is 11.5. The number of benzene rings is 2. The molecule has 1 N–H and O–H groups in total. The van der Waals surface area contributed by atoms with Crippen molar-refractivity contribution in [1.82, 2.24) is 0 Å². The third-order valence-corrected chi connectivity index (χ3v) is 6.99. The molecule has 1 atom stereocenters. The van der Waals surface area contributed by atoms with E-state index in [1.54, 1.807) is 48.2 Å². The minimum Gasteiger partial charge on any atom is -0.325 e. The number of rotatable bonds is 6. The van der Waals surface area contributed by atoms with E-state index < -0.39 is 15.7 Å². The highest BCUT2D eigenvalue weighted by atomic mass is 35.5. The molecular weight excluding hydrogens is 412 g/mol. The maximum absolute atomic E-state index is 12.7. The molecule has 6 nitrogen and oxygen atoms in total. The van der Waals surface area contributed by atoms with E-state index in [1.165, 1.54) is 6.07 Å². The lowest BCUT2D eigenvalue weighted by Crippen LogP contribution is -2.35. The second kappa shape index (κ2) is 8.55. The monoisotopic (exact) mass is 434 g/mol. The topological polar surface area (TPSA) is 83.6 Å². The summed E-state index contributed by atoms with van der Waals surface area (Å²) in [6, 6.07) is 11.6. The number of hydrogen-bond acceptors (Lipinski definition) is 4. The lowest BCUT2D eigenvalue weighted by Gasteiger charge is -2.22. The van der Waals surface area contributed by atoms with Gasteiger partial charge in [-0.15, -0.1) is 0 Å². The third-order valence-electron chi connectivity index (χ3n) is 4.94. The Balaban J connectivity index is 1.71. The first kappa shape index (κ1) is 21.3. The molecule has 0 radical (unpaired) electrons. The molecule has 1 heterocycles. The number of anilines is 2. The highest BCUT2D eigenvalue weighted by Gasteiger charge is 2.31. The summed E-state index contributed by atoms with van der Waals surface area (Å²) in [5.41, 5.74) is 2.05.